The summed E-state index contributed by atoms with van der Waals surface area (Å²) < 4.78 is 11.4. The Bertz CT molecular complexity index is 560. The summed E-state index contributed by atoms with van der Waals surface area (Å²) >= 11 is 0. The van der Waals surface area contributed by atoms with Crippen LogP contribution < -0.4 is 5.73 Å². The van der Waals surface area contributed by atoms with E-state index in [1.165, 1.54) is 0 Å². The van der Waals surface area contributed by atoms with Crippen molar-refractivity contribution in [2.75, 3.05) is 6.61 Å². The highest BCUT2D eigenvalue weighted by molar-refractivity contribution is 5.76. The van der Waals surface area contributed by atoms with Crippen LogP contribution in [0.15, 0.2) is 0 Å². The molecule has 0 aliphatic heterocycles. The molecule has 0 aromatic rings. The second kappa shape index (κ2) is 11.5. The molecule has 178 valence electrons. The highest BCUT2D eigenvalue weighted by Gasteiger charge is 2.48. The van der Waals surface area contributed by atoms with Gasteiger partial charge in [-0.2, -0.15) is 0 Å². The van der Waals surface area contributed by atoms with Crippen molar-refractivity contribution in [3.05, 3.63) is 0 Å². The van der Waals surface area contributed by atoms with E-state index in [4.69, 9.17) is 15.2 Å². The molecule has 0 spiro atoms. The van der Waals surface area contributed by atoms with Gasteiger partial charge in [-0.25, -0.2) is 0 Å². The molecule has 0 bridgehead atoms. The third kappa shape index (κ3) is 8.18. The first-order valence-electron chi connectivity index (χ1n) is 11.4. The lowest BCUT2D eigenvalue weighted by molar-refractivity contribution is -0.199. The molecule has 0 radical (unpaired) electrons. The van der Waals surface area contributed by atoms with E-state index >= 15 is 0 Å². The number of hydrogen-bond acceptors (Lipinski definition) is 6. The molecule has 0 amide bonds. The summed E-state index contributed by atoms with van der Waals surface area (Å²) in [4.78, 5) is 25.2. The van der Waals surface area contributed by atoms with Crippen molar-refractivity contribution < 1.29 is 24.2 Å². The number of esters is 2. The molecule has 0 aromatic heterocycles. The van der Waals surface area contributed by atoms with Gasteiger partial charge in [0, 0.05) is 5.41 Å². The average Bonchev–Trinajstić information content (AvgIpc) is 2.63. The predicted molar refractivity (Wildman–Crippen MR) is 121 cm³/mol. The van der Waals surface area contributed by atoms with E-state index in [9.17, 15) is 14.7 Å². The number of hydrogen-bond donors (Lipinski definition) is 2. The van der Waals surface area contributed by atoms with Crippen LogP contribution in [0.2, 0.25) is 0 Å². The third-order valence-corrected chi connectivity index (χ3v) is 6.12. The molecular formula is C24H47NO5. The highest BCUT2D eigenvalue weighted by atomic mass is 16.6. The quantitative estimate of drug-likeness (QED) is 0.419. The molecule has 0 rings (SSSR count). The Kier molecular flexibility index (Phi) is 11.0. The van der Waals surface area contributed by atoms with Gasteiger partial charge in [-0.15, -0.1) is 0 Å². The molecule has 0 heterocycles. The van der Waals surface area contributed by atoms with Gasteiger partial charge in [-0.05, 0) is 58.3 Å². The minimum atomic E-state index is -1.09. The maximum atomic E-state index is 12.9. The van der Waals surface area contributed by atoms with Crippen molar-refractivity contribution >= 4 is 11.9 Å². The number of aliphatic hydroxyl groups is 1. The molecule has 0 saturated heterocycles. The lowest BCUT2D eigenvalue weighted by Crippen LogP contribution is -2.55. The molecule has 6 nitrogen and oxygen atoms in total. The lowest BCUT2D eigenvalue weighted by atomic mass is 9.73. The molecule has 0 saturated carbocycles. The maximum absolute atomic E-state index is 12.9. The summed E-state index contributed by atoms with van der Waals surface area (Å²) in [5.41, 5.74) is 3.40. The third-order valence-electron chi connectivity index (χ3n) is 6.12. The summed E-state index contributed by atoms with van der Waals surface area (Å²) in [5, 5.41) is 11.3. The van der Waals surface area contributed by atoms with Crippen molar-refractivity contribution in [1.82, 2.24) is 0 Å². The van der Waals surface area contributed by atoms with Gasteiger partial charge in [-0.3, -0.25) is 9.59 Å². The van der Waals surface area contributed by atoms with Gasteiger partial charge in [0.1, 0.15) is 17.7 Å². The van der Waals surface area contributed by atoms with Crippen LogP contribution in [-0.4, -0.2) is 41.4 Å². The van der Waals surface area contributed by atoms with Gasteiger partial charge in [0.25, 0.3) is 0 Å². The molecule has 3 N–H and O–H groups in total. The summed E-state index contributed by atoms with van der Waals surface area (Å²) in [6, 6.07) is -0.685. The normalized spacial score (nSPS) is 18.5. The van der Waals surface area contributed by atoms with Gasteiger partial charge >= 0.3 is 11.9 Å². The largest absolute Gasteiger partial charge is 0.464 e. The number of rotatable bonds is 13. The van der Waals surface area contributed by atoms with Gasteiger partial charge in [0.05, 0.1) is 12.0 Å². The number of nitrogens with two attached hydrogens (primary N) is 1. The topological polar surface area (TPSA) is 98.8 Å². The van der Waals surface area contributed by atoms with Crippen molar-refractivity contribution in [2.24, 2.45) is 28.4 Å². The first kappa shape index (κ1) is 28.9. The highest BCUT2D eigenvalue weighted by Crippen LogP contribution is 2.39. The summed E-state index contributed by atoms with van der Waals surface area (Å²) in [7, 11) is 0. The minimum absolute atomic E-state index is 0.0117. The number of carbonyl (C=O) groups is 2. The fourth-order valence-electron chi connectivity index (χ4n) is 3.83. The summed E-state index contributed by atoms with van der Waals surface area (Å²) in [5.74, 6) is -0.161. The van der Waals surface area contributed by atoms with Crippen molar-refractivity contribution in [1.29, 1.82) is 0 Å². The SMILES string of the molecule is CCC(C)(COC(=O)C(N)CC(C)C)C(O)C(C)(CC)OC(=O)C(C)(C)CC(C)C. The molecule has 0 aliphatic carbocycles. The minimum Gasteiger partial charge on any atom is -0.464 e. The van der Waals surface area contributed by atoms with Gasteiger partial charge in [-0.1, -0.05) is 48.5 Å². The van der Waals surface area contributed by atoms with Gasteiger partial charge in [0.2, 0.25) is 0 Å². The van der Waals surface area contributed by atoms with Crippen LogP contribution in [0.1, 0.15) is 94.9 Å². The Morgan fingerprint density at radius 1 is 0.967 bits per heavy atom. The number of aliphatic hydroxyl groups excluding tert-OH is 1. The molecule has 0 aromatic carbocycles. The smallest absolute Gasteiger partial charge is 0.322 e. The second-order valence-electron chi connectivity index (χ2n) is 10.8. The van der Waals surface area contributed by atoms with Crippen LogP contribution in [0.3, 0.4) is 0 Å². The number of ether oxygens (including phenoxy) is 2. The van der Waals surface area contributed by atoms with Crippen LogP contribution in [0.25, 0.3) is 0 Å². The van der Waals surface area contributed by atoms with Crippen molar-refractivity contribution in [3.63, 3.8) is 0 Å². The molecule has 0 aliphatic rings. The van der Waals surface area contributed by atoms with Crippen LogP contribution >= 0.6 is 0 Å². The second-order valence-corrected chi connectivity index (χ2v) is 10.8. The van der Waals surface area contributed by atoms with Gasteiger partial charge in [0.15, 0.2) is 0 Å². The molecular weight excluding hydrogens is 382 g/mol. The number of carbonyl (C=O) groups excluding carboxylic acids is 2. The Labute approximate surface area is 184 Å². The molecule has 30 heavy (non-hydrogen) atoms. The van der Waals surface area contributed by atoms with E-state index in [2.05, 4.69) is 13.8 Å². The molecule has 6 heteroatoms. The van der Waals surface area contributed by atoms with Crippen LogP contribution in [0.4, 0.5) is 0 Å². The van der Waals surface area contributed by atoms with E-state index in [-0.39, 0.29) is 18.5 Å². The van der Waals surface area contributed by atoms with Crippen LogP contribution in [0.5, 0.6) is 0 Å². The Morgan fingerprint density at radius 3 is 1.90 bits per heavy atom. The average molecular weight is 430 g/mol. The van der Waals surface area contributed by atoms with Crippen LogP contribution in [-0.2, 0) is 19.1 Å². The first-order chi connectivity index (χ1) is 13.5. The zero-order valence-electron chi connectivity index (χ0n) is 21.0. The fraction of sp³-hybridized carbons (Fsp3) is 0.917. The molecule has 0 fully saturated rings. The summed E-state index contributed by atoms with van der Waals surface area (Å²) in [6.07, 6.45) is 1.21. The Hall–Kier alpha value is -1.14. The maximum Gasteiger partial charge on any atom is 0.322 e. The van der Waals surface area contributed by atoms with E-state index in [0.717, 1.165) is 0 Å². The van der Waals surface area contributed by atoms with E-state index in [1.54, 1.807) is 6.92 Å². The summed E-state index contributed by atoms with van der Waals surface area (Å²) in [6.45, 7) is 19.3. The standard InChI is InChI=1S/C24H47NO5/c1-11-23(9,15-29-19(26)18(25)13-16(3)4)20(27)24(10,12-2)30-21(28)22(7,8)14-17(5)6/h16-18,20,27H,11-15,25H2,1-10H3. The van der Waals surface area contributed by atoms with E-state index in [1.807, 2.05) is 48.5 Å². The van der Waals surface area contributed by atoms with E-state index in [0.29, 0.717) is 31.6 Å². The fourth-order valence-corrected chi connectivity index (χ4v) is 3.83. The zero-order chi connectivity index (χ0) is 23.9. The predicted octanol–water partition coefficient (Wildman–Crippen LogP) is 4.46. The Morgan fingerprint density at radius 2 is 1.50 bits per heavy atom. The van der Waals surface area contributed by atoms with Gasteiger partial charge < -0.3 is 20.3 Å². The van der Waals surface area contributed by atoms with Crippen LogP contribution in [0, 0.1) is 22.7 Å². The zero-order valence-corrected chi connectivity index (χ0v) is 21.0. The lowest BCUT2D eigenvalue weighted by Gasteiger charge is -2.44. The first-order valence-corrected chi connectivity index (χ1v) is 11.4. The monoisotopic (exact) mass is 429 g/mol. The molecule has 4 unspecified atom stereocenters. The molecule has 4 atom stereocenters. The van der Waals surface area contributed by atoms with Crippen molar-refractivity contribution in [2.45, 2.75) is 113 Å². The Balaban J connectivity index is 5.40. The van der Waals surface area contributed by atoms with Crippen molar-refractivity contribution in [3.8, 4) is 0 Å². The van der Waals surface area contributed by atoms with E-state index < -0.39 is 34.5 Å².